The molecule has 1 aliphatic heterocycles. The van der Waals surface area contributed by atoms with Crippen molar-refractivity contribution >= 4 is 5.91 Å². The van der Waals surface area contributed by atoms with Crippen molar-refractivity contribution in [3.63, 3.8) is 0 Å². The first kappa shape index (κ1) is 15.7. The summed E-state index contributed by atoms with van der Waals surface area (Å²) in [5.41, 5.74) is 0.203. The molecule has 116 valence electrons. The molecule has 2 rings (SSSR count). The molecular weight excluding hydrogens is 256 g/mol. The van der Waals surface area contributed by atoms with Crippen molar-refractivity contribution in [2.75, 3.05) is 33.4 Å². The van der Waals surface area contributed by atoms with E-state index in [1.165, 1.54) is 0 Å². The monoisotopic (exact) mass is 284 g/mol. The third kappa shape index (κ3) is 4.17. The van der Waals surface area contributed by atoms with E-state index in [4.69, 9.17) is 4.74 Å². The van der Waals surface area contributed by atoms with Gasteiger partial charge >= 0.3 is 0 Å². The number of hydrogen-bond donors (Lipinski definition) is 2. The van der Waals surface area contributed by atoms with Crippen molar-refractivity contribution in [2.24, 2.45) is 11.3 Å². The van der Waals surface area contributed by atoms with Crippen molar-refractivity contribution in [1.82, 2.24) is 10.2 Å². The van der Waals surface area contributed by atoms with Crippen LogP contribution in [0.1, 0.15) is 33.1 Å². The summed E-state index contributed by atoms with van der Waals surface area (Å²) in [5, 5.41) is 12.9. The normalized spacial score (nSPS) is 28.1. The maximum absolute atomic E-state index is 12.1. The molecule has 1 unspecified atom stereocenters. The maximum atomic E-state index is 12.1. The third-order valence-electron chi connectivity index (χ3n) is 4.59. The van der Waals surface area contributed by atoms with Gasteiger partial charge in [0.05, 0.1) is 12.7 Å². The van der Waals surface area contributed by atoms with E-state index in [2.05, 4.69) is 24.1 Å². The number of aliphatic hydroxyl groups is 1. The molecule has 1 heterocycles. The minimum absolute atomic E-state index is 0.203. The highest BCUT2D eigenvalue weighted by Crippen LogP contribution is 2.51. The van der Waals surface area contributed by atoms with Crippen LogP contribution in [-0.4, -0.2) is 61.4 Å². The molecule has 1 saturated carbocycles. The average molecular weight is 284 g/mol. The lowest BCUT2D eigenvalue weighted by Gasteiger charge is -2.33. The molecule has 0 bridgehead atoms. The zero-order valence-corrected chi connectivity index (χ0v) is 12.9. The highest BCUT2D eigenvalue weighted by Gasteiger charge is 2.50. The molecule has 2 fully saturated rings. The van der Waals surface area contributed by atoms with Crippen molar-refractivity contribution in [2.45, 2.75) is 45.3 Å². The van der Waals surface area contributed by atoms with E-state index in [-0.39, 0.29) is 17.2 Å². The zero-order chi connectivity index (χ0) is 14.8. The number of aliphatic hydroxyl groups excluding tert-OH is 1. The number of ether oxygens (including phenoxy) is 1. The van der Waals surface area contributed by atoms with Gasteiger partial charge in [-0.05, 0) is 24.7 Å². The Morgan fingerprint density at radius 2 is 2.05 bits per heavy atom. The number of carbonyl (C=O) groups is 1. The second-order valence-corrected chi connectivity index (χ2v) is 6.94. The largest absolute Gasteiger partial charge is 0.389 e. The predicted molar refractivity (Wildman–Crippen MR) is 77.4 cm³/mol. The fourth-order valence-electron chi connectivity index (χ4n) is 3.02. The number of amides is 1. The number of methoxy groups -OCH3 is 1. The number of hydrogen-bond acceptors (Lipinski definition) is 4. The molecule has 0 spiro atoms. The van der Waals surface area contributed by atoms with Crippen LogP contribution in [0.15, 0.2) is 0 Å². The van der Waals surface area contributed by atoms with Crippen LogP contribution in [0.5, 0.6) is 0 Å². The molecule has 5 heteroatoms. The summed E-state index contributed by atoms with van der Waals surface area (Å²) < 4.78 is 4.94. The molecule has 2 atom stereocenters. The van der Waals surface area contributed by atoms with Crippen LogP contribution < -0.4 is 5.32 Å². The van der Waals surface area contributed by atoms with Crippen LogP contribution in [0.4, 0.5) is 0 Å². The Kier molecular flexibility index (Phi) is 5.04. The van der Waals surface area contributed by atoms with Gasteiger partial charge in [0.1, 0.15) is 0 Å². The molecule has 0 aromatic carbocycles. The molecule has 0 radical (unpaired) electrons. The maximum Gasteiger partial charge on any atom is 0.223 e. The Bertz CT molecular complexity index is 338. The molecule has 2 N–H and O–H groups in total. The second kappa shape index (κ2) is 6.41. The first-order valence-electron chi connectivity index (χ1n) is 7.62. The Morgan fingerprint density at radius 3 is 2.55 bits per heavy atom. The van der Waals surface area contributed by atoms with E-state index < -0.39 is 6.10 Å². The van der Waals surface area contributed by atoms with Crippen molar-refractivity contribution in [3.8, 4) is 0 Å². The van der Waals surface area contributed by atoms with Crippen molar-refractivity contribution in [3.05, 3.63) is 0 Å². The summed E-state index contributed by atoms with van der Waals surface area (Å²) in [6.45, 7) is 7.20. The Balaban J connectivity index is 1.65. The van der Waals surface area contributed by atoms with Gasteiger partial charge in [-0.2, -0.15) is 0 Å². The van der Waals surface area contributed by atoms with E-state index in [9.17, 15) is 9.90 Å². The Morgan fingerprint density at radius 1 is 1.45 bits per heavy atom. The number of β-amino-alcohol motifs (C(OH)–C–C–N with tert-alkyl or cyclic N) is 1. The van der Waals surface area contributed by atoms with E-state index in [0.717, 1.165) is 32.4 Å². The van der Waals surface area contributed by atoms with Gasteiger partial charge in [-0.25, -0.2) is 0 Å². The molecule has 0 aromatic rings. The van der Waals surface area contributed by atoms with Gasteiger partial charge in [0.15, 0.2) is 0 Å². The molecule has 20 heavy (non-hydrogen) atoms. The smallest absolute Gasteiger partial charge is 0.223 e. The van der Waals surface area contributed by atoms with Crippen LogP contribution in [0, 0.1) is 11.3 Å². The van der Waals surface area contributed by atoms with Crippen molar-refractivity contribution in [1.29, 1.82) is 0 Å². The van der Waals surface area contributed by atoms with Crippen LogP contribution in [0.25, 0.3) is 0 Å². The molecule has 1 amide bonds. The van der Waals surface area contributed by atoms with Gasteiger partial charge in [0.25, 0.3) is 0 Å². The number of nitrogens with zero attached hydrogens (tertiary/aromatic N) is 1. The lowest BCUT2D eigenvalue weighted by Crippen LogP contribution is -2.47. The minimum atomic E-state index is -0.418. The summed E-state index contributed by atoms with van der Waals surface area (Å²) >= 11 is 0. The minimum Gasteiger partial charge on any atom is -0.389 e. The molecule has 2 aliphatic rings. The number of likely N-dealkylation sites (tertiary alicyclic amines) is 1. The average Bonchev–Trinajstić information content (AvgIpc) is 3.01. The molecule has 1 aliphatic carbocycles. The van der Waals surface area contributed by atoms with Crippen molar-refractivity contribution < 1.29 is 14.6 Å². The first-order chi connectivity index (χ1) is 9.42. The summed E-state index contributed by atoms with van der Waals surface area (Å²) in [6, 6.07) is 0.301. The second-order valence-electron chi connectivity index (χ2n) is 6.94. The standard InChI is InChI=1S/C15H28N2O3/c1-15(2)8-13(15)14(19)16-11-4-6-17(7-5-11)9-12(18)10-20-3/h11-13,18H,4-10H2,1-3H3,(H,16,19)/t12?,13-/m1/s1. The number of nitrogens with one attached hydrogen (secondary N) is 1. The van der Waals surface area contributed by atoms with Crippen LogP contribution in [0.3, 0.4) is 0 Å². The fourth-order valence-corrected chi connectivity index (χ4v) is 3.02. The highest BCUT2D eigenvalue weighted by atomic mass is 16.5. The fraction of sp³-hybridized carbons (Fsp3) is 0.933. The van der Waals surface area contributed by atoms with Gasteiger partial charge in [-0.1, -0.05) is 13.8 Å². The van der Waals surface area contributed by atoms with Gasteiger partial charge in [-0.15, -0.1) is 0 Å². The van der Waals surface area contributed by atoms with Gasteiger partial charge < -0.3 is 20.1 Å². The Labute approximate surface area is 121 Å². The number of rotatable bonds is 6. The molecule has 1 saturated heterocycles. The topological polar surface area (TPSA) is 61.8 Å². The van der Waals surface area contributed by atoms with E-state index in [1.54, 1.807) is 7.11 Å². The lowest BCUT2D eigenvalue weighted by molar-refractivity contribution is -0.124. The van der Waals surface area contributed by atoms with E-state index >= 15 is 0 Å². The van der Waals surface area contributed by atoms with Gasteiger partial charge in [0.2, 0.25) is 5.91 Å². The summed E-state index contributed by atoms with van der Waals surface area (Å²) in [7, 11) is 1.60. The summed E-state index contributed by atoms with van der Waals surface area (Å²) in [5.74, 6) is 0.442. The van der Waals surface area contributed by atoms with Crippen LogP contribution >= 0.6 is 0 Å². The molecule has 5 nitrogen and oxygen atoms in total. The van der Waals surface area contributed by atoms with E-state index in [1.807, 2.05) is 0 Å². The van der Waals surface area contributed by atoms with Gasteiger partial charge in [0, 0.05) is 38.7 Å². The van der Waals surface area contributed by atoms with E-state index in [0.29, 0.717) is 19.2 Å². The Hall–Kier alpha value is -0.650. The SMILES string of the molecule is COCC(O)CN1CCC(NC(=O)[C@H]2CC2(C)C)CC1. The predicted octanol–water partition coefficient (Wildman–Crippen LogP) is 0.620. The number of carbonyl (C=O) groups excluding carboxylic acids is 1. The first-order valence-corrected chi connectivity index (χ1v) is 7.62. The molecule has 0 aromatic heterocycles. The third-order valence-corrected chi connectivity index (χ3v) is 4.59. The summed E-state index contributed by atoms with van der Waals surface area (Å²) in [4.78, 5) is 14.3. The number of piperidine rings is 1. The molecular formula is C15H28N2O3. The van der Waals surface area contributed by atoms with Crippen LogP contribution in [0.2, 0.25) is 0 Å². The zero-order valence-electron chi connectivity index (χ0n) is 12.9. The van der Waals surface area contributed by atoms with Gasteiger partial charge in [-0.3, -0.25) is 4.79 Å². The summed E-state index contributed by atoms with van der Waals surface area (Å²) in [6.07, 6.45) is 2.54. The van der Waals surface area contributed by atoms with Crippen LogP contribution in [-0.2, 0) is 9.53 Å². The quantitative estimate of drug-likeness (QED) is 0.750. The lowest BCUT2D eigenvalue weighted by atomic mass is 10.0. The highest BCUT2D eigenvalue weighted by molar-refractivity contribution is 5.82.